The van der Waals surface area contributed by atoms with Crippen LogP contribution in [0.25, 0.3) is 0 Å². The van der Waals surface area contributed by atoms with Gasteiger partial charge in [0.2, 0.25) is 0 Å². The lowest BCUT2D eigenvalue weighted by Crippen LogP contribution is -2.53. The first-order chi connectivity index (χ1) is 9.11. The topological polar surface area (TPSA) is 48.1 Å². The lowest BCUT2D eigenvalue weighted by molar-refractivity contribution is 0.0775. The molecule has 1 aromatic rings. The second-order valence-corrected chi connectivity index (χ2v) is 6.44. The number of nitrogens with zero attached hydrogens (tertiary/aromatic N) is 1. The van der Waals surface area contributed by atoms with Crippen LogP contribution in [0.2, 0.25) is 0 Å². The summed E-state index contributed by atoms with van der Waals surface area (Å²) in [5.41, 5.74) is 1.05. The van der Waals surface area contributed by atoms with Crippen molar-refractivity contribution in [1.29, 1.82) is 0 Å². The fourth-order valence-corrected chi connectivity index (χ4v) is 3.46. The van der Waals surface area contributed by atoms with Crippen LogP contribution < -0.4 is 10.2 Å². The molecule has 5 heteroatoms. The van der Waals surface area contributed by atoms with Gasteiger partial charge in [-0.1, -0.05) is 25.2 Å². The number of rotatable bonds is 5. The van der Waals surface area contributed by atoms with Gasteiger partial charge in [-0.15, -0.1) is 0 Å². The first kappa shape index (κ1) is 14.8. The van der Waals surface area contributed by atoms with Gasteiger partial charge in [-0.3, -0.25) is 9.69 Å². The fraction of sp³-hybridized carbons (Fsp3) is 0.786. The van der Waals surface area contributed by atoms with Crippen LogP contribution in [0.1, 0.15) is 39.3 Å². The molecule has 0 bridgehead atoms. The Labute approximate surface area is 119 Å². The van der Waals surface area contributed by atoms with E-state index in [9.17, 15) is 4.79 Å². The molecule has 0 amide bonds. The van der Waals surface area contributed by atoms with Crippen LogP contribution >= 0.6 is 11.3 Å². The number of thiazole rings is 1. The van der Waals surface area contributed by atoms with Gasteiger partial charge in [0.25, 0.3) is 0 Å². The van der Waals surface area contributed by atoms with Gasteiger partial charge >= 0.3 is 4.87 Å². The second-order valence-electron chi connectivity index (χ2n) is 5.59. The lowest BCUT2D eigenvalue weighted by Gasteiger charge is -2.43. The molecule has 0 aromatic carbocycles. The van der Waals surface area contributed by atoms with Crippen molar-refractivity contribution < 1.29 is 0 Å². The Morgan fingerprint density at radius 1 is 1.53 bits per heavy atom. The van der Waals surface area contributed by atoms with E-state index in [2.05, 4.69) is 36.0 Å². The summed E-state index contributed by atoms with van der Waals surface area (Å²) < 4.78 is 0. The molecule has 108 valence electrons. The van der Waals surface area contributed by atoms with Crippen LogP contribution in [0.15, 0.2) is 10.2 Å². The molecule has 19 heavy (non-hydrogen) atoms. The molecular weight excluding hydrogens is 258 g/mol. The maximum Gasteiger partial charge on any atom is 0.304 e. The smallest absolute Gasteiger partial charge is 0.304 e. The number of piperidine rings is 1. The Bertz CT molecular complexity index is 442. The van der Waals surface area contributed by atoms with Crippen molar-refractivity contribution in [1.82, 2.24) is 15.2 Å². The molecule has 1 saturated heterocycles. The largest absolute Gasteiger partial charge is 0.315 e. The monoisotopic (exact) mass is 283 g/mol. The number of aromatic nitrogens is 1. The third-order valence-electron chi connectivity index (χ3n) is 4.30. The molecular formula is C14H25N3OS. The van der Waals surface area contributed by atoms with E-state index in [-0.39, 0.29) is 4.87 Å². The van der Waals surface area contributed by atoms with Gasteiger partial charge in [0.15, 0.2) is 0 Å². The summed E-state index contributed by atoms with van der Waals surface area (Å²) in [6, 6.07) is 1.18. The average Bonchev–Trinajstić information content (AvgIpc) is 2.80. The highest BCUT2D eigenvalue weighted by Crippen LogP contribution is 2.25. The highest BCUT2D eigenvalue weighted by molar-refractivity contribution is 7.07. The van der Waals surface area contributed by atoms with E-state index in [4.69, 9.17) is 0 Å². The summed E-state index contributed by atoms with van der Waals surface area (Å²) >= 11 is 1.26. The third kappa shape index (κ3) is 3.68. The highest BCUT2D eigenvalue weighted by atomic mass is 32.1. The first-order valence-corrected chi connectivity index (χ1v) is 8.14. The van der Waals surface area contributed by atoms with Gasteiger partial charge in [0, 0.05) is 36.2 Å². The molecule has 0 aliphatic carbocycles. The molecule has 2 heterocycles. The van der Waals surface area contributed by atoms with Crippen molar-refractivity contribution in [2.45, 2.75) is 52.2 Å². The zero-order valence-electron chi connectivity index (χ0n) is 12.1. The van der Waals surface area contributed by atoms with E-state index >= 15 is 0 Å². The summed E-state index contributed by atoms with van der Waals surface area (Å²) in [4.78, 5) is 16.6. The molecule has 2 rings (SSSR count). The minimum atomic E-state index is 0.0511. The Morgan fingerprint density at radius 2 is 2.32 bits per heavy atom. The molecule has 1 aromatic heterocycles. The lowest BCUT2D eigenvalue weighted by atomic mass is 9.87. The van der Waals surface area contributed by atoms with Gasteiger partial charge < -0.3 is 10.3 Å². The van der Waals surface area contributed by atoms with E-state index in [1.54, 1.807) is 0 Å². The van der Waals surface area contributed by atoms with Gasteiger partial charge in [-0.25, -0.2) is 0 Å². The number of H-pyrrole nitrogens is 1. The van der Waals surface area contributed by atoms with Gasteiger partial charge in [0.05, 0.1) is 0 Å². The maximum absolute atomic E-state index is 11.2. The minimum Gasteiger partial charge on any atom is -0.315 e. The third-order valence-corrected chi connectivity index (χ3v) is 5.02. The minimum absolute atomic E-state index is 0.0511. The van der Waals surface area contributed by atoms with Gasteiger partial charge in [-0.2, -0.15) is 0 Å². The number of hydrogen-bond donors (Lipinski definition) is 2. The molecule has 1 aliphatic heterocycles. The molecule has 0 radical (unpaired) electrons. The normalized spacial score (nSPS) is 28.7. The van der Waals surface area contributed by atoms with Crippen molar-refractivity contribution in [3.05, 3.63) is 20.7 Å². The molecule has 0 saturated carbocycles. The quantitative estimate of drug-likeness (QED) is 0.869. The van der Waals surface area contributed by atoms with Crippen LogP contribution in [0.4, 0.5) is 0 Å². The molecule has 1 fully saturated rings. The van der Waals surface area contributed by atoms with E-state index < -0.39 is 0 Å². The predicted octanol–water partition coefficient (Wildman–Crippen LogP) is 2.03. The summed E-state index contributed by atoms with van der Waals surface area (Å²) in [6.07, 6.45) is 2.39. The number of hydrogen-bond acceptors (Lipinski definition) is 4. The Hall–Kier alpha value is -0.650. The van der Waals surface area contributed by atoms with Crippen molar-refractivity contribution in [2.75, 3.05) is 13.1 Å². The number of likely N-dealkylation sites (tertiary alicyclic amines) is 1. The van der Waals surface area contributed by atoms with Gasteiger partial charge in [-0.05, 0) is 32.2 Å². The first-order valence-electron chi connectivity index (χ1n) is 7.26. The Morgan fingerprint density at radius 3 is 2.95 bits per heavy atom. The van der Waals surface area contributed by atoms with Crippen LogP contribution in [0.5, 0.6) is 0 Å². The summed E-state index contributed by atoms with van der Waals surface area (Å²) in [5, 5.41) is 5.60. The van der Waals surface area contributed by atoms with Crippen molar-refractivity contribution >= 4 is 11.3 Å². The predicted molar refractivity (Wildman–Crippen MR) is 80.7 cm³/mol. The zero-order valence-corrected chi connectivity index (χ0v) is 12.9. The molecule has 1 aliphatic rings. The van der Waals surface area contributed by atoms with Crippen molar-refractivity contribution in [3.8, 4) is 0 Å². The SMILES string of the molecule is CCCNC1CCN(Cc2csc(=O)[nH]2)C(C)C1C. The standard InChI is InChI=1S/C14H25N3OS/c1-4-6-15-13-5-7-17(11(3)10(13)2)8-12-9-19-14(18)16-12/h9-11,13,15H,4-8H2,1-3H3,(H,16,18). The average molecular weight is 283 g/mol. The fourth-order valence-electron chi connectivity index (χ4n) is 2.89. The molecule has 3 unspecified atom stereocenters. The number of nitrogens with one attached hydrogen (secondary N) is 2. The van der Waals surface area contributed by atoms with E-state index in [0.717, 1.165) is 25.3 Å². The van der Waals surface area contributed by atoms with Gasteiger partial charge in [0.1, 0.15) is 0 Å². The molecule has 4 nitrogen and oxygen atoms in total. The van der Waals surface area contributed by atoms with Crippen LogP contribution in [-0.4, -0.2) is 35.1 Å². The van der Waals surface area contributed by atoms with Crippen LogP contribution in [0, 0.1) is 5.92 Å². The summed E-state index contributed by atoms with van der Waals surface area (Å²) in [7, 11) is 0. The van der Waals surface area contributed by atoms with Crippen molar-refractivity contribution in [3.63, 3.8) is 0 Å². The van der Waals surface area contributed by atoms with Crippen LogP contribution in [0.3, 0.4) is 0 Å². The van der Waals surface area contributed by atoms with Crippen LogP contribution in [-0.2, 0) is 6.54 Å². The molecule has 0 spiro atoms. The van der Waals surface area contributed by atoms with E-state index in [1.807, 2.05) is 5.38 Å². The van der Waals surface area contributed by atoms with Crippen molar-refractivity contribution in [2.24, 2.45) is 5.92 Å². The Balaban J connectivity index is 1.92. The van der Waals surface area contributed by atoms with E-state index in [1.165, 1.54) is 24.2 Å². The Kier molecular flexibility index (Phi) is 5.19. The summed E-state index contributed by atoms with van der Waals surface area (Å²) in [5.74, 6) is 0.644. The zero-order chi connectivity index (χ0) is 13.8. The maximum atomic E-state index is 11.2. The number of aromatic amines is 1. The molecule has 2 N–H and O–H groups in total. The second kappa shape index (κ2) is 6.68. The molecule has 3 atom stereocenters. The summed E-state index contributed by atoms with van der Waals surface area (Å²) in [6.45, 7) is 9.92. The highest BCUT2D eigenvalue weighted by Gasteiger charge is 2.31. The van der Waals surface area contributed by atoms with E-state index in [0.29, 0.717) is 18.0 Å².